The lowest BCUT2D eigenvalue weighted by Gasteiger charge is -2.32. The van der Waals surface area contributed by atoms with Gasteiger partial charge in [0.1, 0.15) is 0 Å². The van der Waals surface area contributed by atoms with Crippen LogP contribution in [0.5, 0.6) is 0 Å². The van der Waals surface area contributed by atoms with E-state index < -0.39 is 18.3 Å². The molecule has 0 aliphatic carbocycles. The van der Waals surface area contributed by atoms with E-state index in [0.29, 0.717) is 17.5 Å². The maximum atomic E-state index is 6.52. The summed E-state index contributed by atoms with van der Waals surface area (Å²) in [6, 6.07) is 48.6. The van der Waals surface area contributed by atoms with Crippen LogP contribution in [0.15, 0.2) is 140 Å². The fraction of sp³-hybridized carbons (Fsp3) is 0.133. The van der Waals surface area contributed by atoms with Crippen molar-refractivity contribution in [3.8, 4) is 39.9 Å². The normalized spacial score (nSPS) is 15.3. The Morgan fingerprint density at radius 1 is 0.528 bits per heavy atom. The Bertz CT molecular complexity index is 2850. The van der Waals surface area contributed by atoms with E-state index >= 15 is 0 Å². The lowest BCUT2D eigenvalue weighted by molar-refractivity contribution is 0.00578. The first kappa shape index (κ1) is 32.0. The lowest BCUT2D eigenvalue weighted by atomic mass is 9.76. The van der Waals surface area contributed by atoms with E-state index in [-0.39, 0.29) is 0 Å². The fourth-order valence-corrected chi connectivity index (χ4v) is 8.74. The van der Waals surface area contributed by atoms with Crippen molar-refractivity contribution in [3.63, 3.8) is 0 Å². The summed E-state index contributed by atoms with van der Waals surface area (Å²) in [5.41, 5.74) is 6.37. The van der Waals surface area contributed by atoms with E-state index in [1.54, 1.807) is 11.3 Å². The fourth-order valence-electron chi connectivity index (χ4n) is 7.56. The first-order valence-corrected chi connectivity index (χ1v) is 18.8. The number of rotatable bonds is 5. The Hall–Kier alpha value is -5.67. The number of hydrogen-bond acceptors (Lipinski definition) is 6. The Morgan fingerprint density at radius 3 is 1.94 bits per heavy atom. The molecule has 3 aromatic heterocycles. The molecule has 0 amide bonds. The summed E-state index contributed by atoms with van der Waals surface area (Å²) in [6.45, 7) is 8.39. The van der Waals surface area contributed by atoms with Gasteiger partial charge in [0.25, 0.3) is 0 Å². The average molecular weight is 707 g/mol. The zero-order chi connectivity index (χ0) is 35.9. The second-order valence-electron chi connectivity index (χ2n) is 14.7. The molecule has 0 radical (unpaired) electrons. The van der Waals surface area contributed by atoms with Crippen molar-refractivity contribution in [1.82, 2.24) is 19.5 Å². The molecule has 53 heavy (non-hydrogen) atoms. The van der Waals surface area contributed by atoms with E-state index in [2.05, 4.69) is 154 Å². The molecule has 0 atom stereocenters. The number of hydrogen-bond donors (Lipinski definition) is 0. The quantitative estimate of drug-likeness (QED) is 0.167. The van der Waals surface area contributed by atoms with Gasteiger partial charge in [-0.3, -0.25) is 0 Å². The van der Waals surface area contributed by atoms with E-state index in [9.17, 15) is 0 Å². The largest absolute Gasteiger partial charge is 0.495 e. The van der Waals surface area contributed by atoms with Gasteiger partial charge in [-0.25, -0.2) is 15.0 Å². The van der Waals surface area contributed by atoms with Gasteiger partial charge in [-0.15, -0.1) is 11.3 Å². The third-order valence-electron chi connectivity index (χ3n) is 10.9. The van der Waals surface area contributed by atoms with Crippen molar-refractivity contribution in [2.24, 2.45) is 0 Å². The Morgan fingerprint density at radius 2 is 1.17 bits per heavy atom. The average Bonchev–Trinajstić information content (AvgIpc) is 3.80. The van der Waals surface area contributed by atoms with Crippen molar-refractivity contribution in [2.45, 2.75) is 38.9 Å². The van der Waals surface area contributed by atoms with Crippen molar-refractivity contribution >= 4 is 65.9 Å². The molecule has 10 rings (SSSR count). The summed E-state index contributed by atoms with van der Waals surface area (Å²) in [4.78, 5) is 15.5. The molecule has 0 spiro atoms. The Balaban J connectivity index is 1.16. The van der Waals surface area contributed by atoms with Gasteiger partial charge >= 0.3 is 7.12 Å². The zero-order valence-corrected chi connectivity index (χ0v) is 30.7. The summed E-state index contributed by atoms with van der Waals surface area (Å²) < 4.78 is 17.7. The minimum atomic E-state index is -0.448. The van der Waals surface area contributed by atoms with Gasteiger partial charge in [0, 0.05) is 53.3 Å². The van der Waals surface area contributed by atoms with Gasteiger partial charge in [-0.1, -0.05) is 103 Å². The predicted molar refractivity (Wildman–Crippen MR) is 219 cm³/mol. The second-order valence-corrected chi connectivity index (χ2v) is 15.8. The molecule has 0 unspecified atom stereocenters. The van der Waals surface area contributed by atoms with Crippen molar-refractivity contribution < 1.29 is 9.31 Å². The summed E-state index contributed by atoms with van der Waals surface area (Å²) >= 11 is 1.76. The van der Waals surface area contributed by atoms with Crippen LogP contribution >= 0.6 is 11.3 Å². The number of nitrogens with zero attached hydrogens (tertiary/aromatic N) is 4. The summed E-state index contributed by atoms with van der Waals surface area (Å²) in [7, 11) is -0.448. The minimum absolute atomic E-state index is 0.424. The number of fused-ring (bicyclic) bond motifs is 6. The summed E-state index contributed by atoms with van der Waals surface area (Å²) in [5.74, 6) is 1.90. The number of thiophene rings is 1. The van der Waals surface area contributed by atoms with Crippen LogP contribution in [0, 0.1) is 0 Å². The maximum absolute atomic E-state index is 6.52. The highest BCUT2D eigenvalue weighted by atomic mass is 32.1. The third kappa shape index (κ3) is 5.12. The van der Waals surface area contributed by atoms with E-state index in [4.69, 9.17) is 24.3 Å². The number of aromatic nitrogens is 4. The molecule has 8 heteroatoms. The third-order valence-corrected chi connectivity index (χ3v) is 12.0. The molecule has 4 heterocycles. The van der Waals surface area contributed by atoms with Gasteiger partial charge in [0.05, 0.1) is 22.2 Å². The van der Waals surface area contributed by atoms with Gasteiger partial charge < -0.3 is 13.9 Å². The first-order chi connectivity index (χ1) is 25.8. The molecule has 1 aliphatic rings. The van der Waals surface area contributed by atoms with Crippen molar-refractivity contribution in [2.75, 3.05) is 0 Å². The molecular weight excluding hydrogens is 671 g/mol. The molecule has 1 saturated heterocycles. The smallest absolute Gasteiger partial charge is 0.399 e. The molecule has 256 valence electrons. The number of para-hydroxylation sites is 2. The molecular formula is C45H35BN4O2S. The molecule has 0 bridgehead atoms. The minimum Gasteiger partial charge on any atom is -0.399 e. The van der Waals surface area contributed by atoms with E-state index in [1.165, 1.54) is 10.1 Å². The topological polar surface area (TPSA) is 62.1 Å². The van der Waals surface area contributed by atoms with Crippen LogP contribution in [0.1, 0.15) is 27.7 Å². The van der Waals surface area contributed by atoms with Gasteiger partial charge in [0.2, 0.25) is 0 Å². The molecule has 0 saturated carbocycles. The molecule has 1 fully saturated rings. The predicted octanol–water partition coefficient (Wildman–Crippen LogP) is 10.6. The lowest BCUT2D eigenvalue weighted by Crippen LogP contribution is -2.41. The molecule has 1 aliphatic heterocycles. The highest BCUT2D eigenvalue weighted by Crippen LogP contribution is 2.41. The molecule has 6 aromatic carbocycles. The van der Waals surface area contributed by atoms with Gasteiger partial charge in [0.15, 0.2) is 17.5 Å². The highest BCUT2D eigenvalue weighted by molar-refractivity contribution is 7.26. The first-order valence-electron chi connectivity index (χ1n) is 18.0. The van der Waals surface area contributed by atoms with Crippen molar-refractivity contribution in [3.05, 3.63) is 140 Å². The van der Waals surface area contributed by atoms with Crippen LogP contribution in [0.4, 0.5) is 0 Å². The SMILES string of the molecule is CC1(C)OB(c2cccc3sc4cc(-c5nc(-c6ccccc6)nc(-c6cccc7c6c6ccccc6n7-c6ccccc6)n5)ccc4c23)OC1(C)C. The van der Waals surface area contributed by atoms with Crippen LogP contribution in [0.2, 0.25) is 0 Å². The molecule has 9 aromatic rings. The Labute approximate surface area is 311 Å². The van der Waals surface area contributed by atoms with E-state index in [1.807, 2.05) is 18.2 Å². The zero-order valence-electron chi connectivity index (χ0n) is 29.9. The summed E-state index contributed by atoms with van der Waals surface area (Å²) in [6.07, 6.45) is 0. The Kier molecular flexibility index (Phi) is 7.21. The van der Waals surface area contributed by atoms with Crippen LogP contribution in [-0.2, 0) is 9.31 Å². The van der Waals surface area contributed by atoms with Gasteiger partial charge in [-0.05, 0) is 69.6 Å². The standard InChI is InChI=1S/C45H35BN4O2S/c1-44(2)45(3,4)52-46(51-44)34-21-14-24-37-40(34)32-26-25-29(27-38(32)53-37)42-47-41(28-15-7-5-8-16-28)48-43(49-42)33-20-13-23-36-39(33)31-19-11-12-22-35(31)50(36)30-17-9-6-10-18-30/h5-27H,1-4H3. The molecule has 0 N–H and O–H groups in total. The number of benzene rings is 6. The maximum Gasteiger partial charge on any atom is 0.495 e. The van der Waals surface area contributed by atoms with Crippen LogP contribution in [0.3, 0.4) is 0 Å². The monoisotopic (exact) mass is 706 g/mol. The van der Waals surface area contributed by atoms with E-state index in [0.717, 1.165) is 59.7 Å². The van der Waals surface area contributed by atoms with Crippen molar-refractivity contribution in [1.29, 1.82) is 0 Å². The van der Waals surface area contributed by atoms with Gasteiger partial charge in [-0.2, -0.15) is 0 Å². The van der Waals surface area contributed by atoms with Crippen LogP contribution in [-0.4, -0.2) is 37.8 Å². The highest BCUT2D eigenvalue weighted by Gasteiger charge is 2.52. The van der Waals surface area contributed by atoms with Crippen LogP contribution < -0.4 is 5.46 Å². The second kappa shape index (κ2) is 11.9. The molecule has 6 nitrogen and oxygen atoms in total. The summed E-state index contributed by atoms with van der Waals surface area (Å²) in [5, 5.41) is 4.59. The van der Waals surface area contributed by atoms with Crippen LogP contribution in [0.25, 0.3) is 81.8 Å².